The molecule has 1 fully saturated rings. The Kier molecular flexibility index (Phi) is 4.13. The number of benzene rings is 1. The van der Waals surface area contributed by atoms with Crippen molar-refractivity contribution in [2.75, 3.05) is 26.3 Å². The van der Waals surface area contributed by atoms with Crippen LogP contribution < -0.4 is 0 Å². The van der Waals surface area contributed by atoms with Crippen LogP contribution in [-0.2, 0) is 11.3 Å². The van der Waals surface area contributed by atoms with Crippen LogP contribution >= 0.6 is 0 Å². The predicted molar refractivity (Wildman–Crippen MR) is 66.5 cm³/mol. The van der Waals surface area contributed by atoms with E-state index in [4.69, 9.17) is 14.9 Å². The summed E-state index contributed by atoms with van der Waals surface area (Å²) in [6, 6.07) is 4.44. The molecule has 6 heteroatoms. The summed E-state index contributed by atoms with van der Waals surface area (Å²) in [7, 11) is 0. The maximum absolute atomic E-state index is 11.1. The molecule has 6 nitrogen and oxygen atoms in total. The van der Waals surface area contributed by atoms with Gasteiger partial charge in [-0.1, -0.05) is 6.07 Å². The van der Waals surface area contributed by atoms with Gasteiger partial charge in [-0.3, -0.25) is 4.90 Å². The summed E-state index contributed by atoms with van der Waals surface area (Å²) in [5, 5.41) is 18.0. The molecule has 1 aliphatic heterocycles. The molecule has 0 atom stereocenters. The first kappa shape index (κ1) is 13.5. The Labute approximate surface area is 110 Å². The Hall–Kier alpha value is -1.92. The molecule has 0 aromatic heterocycles. The van der Waals surface area contributed by atoms with E-state index in [9.17, 15) is 9.59 Å². The fourth-order valence-corrected chi connectivity index (χ4v) is 2.07. The number of ether oxygens (including phenoxy) is 1. The number of nitrogens with zero attached hydrogens (tertiary/aromatic N) is 1. The Bertz CT molecular complexity index is 494. The number of morpholine rings is 1. The molecule has 1 aromatic carbocycles. The Balaban J connectivity index is 2.20. The normalized spacial score (nSPS) is 16.2. The van der Waals surface area contributed by atoms with Crippen LogP contribution in [-0.4, -0.2) is 53.4 Å². The zero-order chi connectivity index (χ0) is 13.8. The first-order valence-electron chi connectivity index (χ1n) is 5.97. The lowest BCUT2D eigenvalue weighted by molar-refractivity contribution is 0.0341. The monoisotopic (exact) mass is 265 g/mol. The first-order valence-corrected chi connectivity index (χ1v) is 5.97. The molecule has 0 radical (unpaired) electrons. The van der Waals surface area contributed by atoms with Crippen molar-refractivity contribution in [3.63, 3.8) is 0 Å². The molecule has 0 amide bonds. The van der Waals surface area contributed by atoms with E-state index in [1.807, 2.05) is 0 Å². The van der Waals surface area contributed by atoms with Crippen LogP contribution in [0.25, 0.3) is 0 Å². The zero-order valence-corrected chi connectivity index (χ0v) is 10.3. The largest absolute Gasteiger partial charge is 0.478 e. The summed E-state index contributed by atoms with van der Waals surface area (Å²) in [4.78, 5) is 24.2. The average Bonchev–Trinajstić information content (AvgIpc) is 2.39. The quantitative estimate of drug-likeness (QED) is 0.841. The van der Waals surface area contributed by atoms with E-state index < -0.39 is 11.9 Å². The summed E-state index contributed by atoms with van der Waals surface area (Å²) in [6.45, 7) is 3.52. The topological polar surface area (TPSA) is 87.1 Å². The fraction of sp³-hybridized carbons (Fsp3) is 0.385. The van der Waals surface area contributed by atoms with Gasteiger partial charge in [-0.2, -0.15) is 0 Å². The van der Waals surface area contributed by atoms with Crippen LogP contribution in [0.1, 0.15) is 26.3 Å². The van der Waals surface area contributed by atoms with Crippen molar-refractivity contribution < 1.29 is 24.5 Å². The minimum Gasteiger partial charge on any atom is -0.478 e. The van der Waals surface area contributed by atoms with Gasteiger partial charge in [0, 0.05) is 19.6 Å². The third-order valence-electron chi connectivity index (χ3n) is 3.05. The molecule has 1 aliphatic rings. The van der Waals surface area contributed by atoms with Crippen LogP contribution in [0.5, 0.6) is 0 Å². The number of hydrogen-bond acceptors (Lipinski definition) is 4. The molecule has 0 bridgehead atoms. The van der Waals surface area contributed by atoms with Crippen molar-refractivity contribution in [1.82, 2.24) is 4.90 Å². The second kappa shape index (κ2) is 5.81. The van der Waals surface area contributed by atoms with Crippen LogP contribution in [0, 0.1) is 0 Å². The van der Waals surface area contributed by atoms with Crippen LogP contribution in [0.2, 0.25) is 0 Å². The number of carbonyl (C=O) groups is 2. The number of carboxylic acids is 2. The molecule has 2 N–H and O–H groups in total. The number of hydrogen-bond donors (Lipinski definition) is 2. The molecule has 2 rings (SSSR count). The highest BCUT2D eigenvalue weighted by Gasteiger charge is 2.17. The maximum atomic E-state index is 11.1. The lowest BCUT2D eigenvalue weighted by atomic mass is 10.0. The second-order valence-corrected chi connectivity index (χ2v) is 4.38. The van der Waals surface area contributed by atoms with E-state index in [0.29, 0.717) is 19.8 Å². The van der Waals surface area contributed by atoms with E-state index in [1.165, 1.54) is 12.1 Å². The number of aromatic carboxylic acids is 2. The van der Waals surface area contributed by atoms with Crippen molar-refractivity contribution in [3.8, 4) is 0 Å². The fourth-order valence-electron chi connectivity index (χ4n) is 2.07. The first-order chi connectivity index (χ1) is 9.08. The molecule has 1 saturated heterocycles. The van der Waals surface area contributed by atoms with Gasteiger partial charge < -0.3 is 14.9 Å². The highest BCUT2D eigenvalue weighted by Crippen LogP contribution is 2.15. The predicted octanol–water partition coefficient (Wildman–Crippen LogP) is 0.915. The van der Waals surface area contributed by atoms with Gasteiger partial charge in [0.05, 0.1) is 24.3 Å². The lowest BCUT2D eigenvalue weighted by Gasteiger charge is -2.26. The molecule has 0 spiro atoms. The molecule has 0 unspecified atom stereocenters. The highest BCUT2D eigenvalue weighted by atomic mass is 16.5. The van der Waals surface area contributed by atoms with Gasteiger partial charge in [0.2, 0.25) is 0 Å². The van der Waals surface area contributed by atoms with Crippen LogP contribution in [0.3, 0.4) is 0 Å². The van der Waals surface area contributed by atoms with Gasteiger partial charge in [0.15, 0.2) is 0 Å². The molecule has 102 valence electrons. The van der Waals surface area contributed by atoms with Crippen LogP contribution in [0.15, 0.2) is 18.2 Å². The lowest BCUT2D eigenvalue weighted by Crippen LogP contribution is -2.35. The van der Waals surface area contributed by atoms with E-state index in [2.05, 4.69) is 4.90 Å². The van der Waals surface area contributed by atoms with Gasteiger partial charge in [-0.25, -0.2) is 9.59 Å². The van der Waals surface area contributed by atoms with Crippen molar-refractivity contribution in [1.29, 1.82) is 0 Å². The third-order valence-corrected chi connectivity index (χ3v) is 3.05. The molecular formula is C13H15NO5. The Morgan fingerprint density at radius 3 is 2.32 bits per heavy atom. The van der Waals surface area contributed by atoms with Gasteiger partial charge >= 0.3 is 11.9 Å². The minimum absolute atomic E-state index is 0.168. The summed E-state index contributed by atoms with van der Waals surface area (Å²) in [6.07, 6.45) is 0. The molecule has 1 aromatic rings. The smallest absolute Gasteiger partial charge is 0.336 e. The molecule has 1 heterocycles. The Morgan fingerprint density at radius 2 is 1.74 bits per heavy atom. The molecule has 19 heavy (non-hydrogen) atoms. The van der Waals surface area contributed by atoms with Crippen LogP contribution in [0.4, 0.5) is 0 Å². The highest BCUT2D eigenvalue weighted by molar-refractivity contribution is 6.01. The summed E-state index contributed by atoms with van der Waals surface area (Å²) in [5.41, 5.74) is 0.445. The Morgan fingerprint density at radius 1 is 1.11 bits per heavy atom. The van der Waals surface area contributed by atoms with Crippen molar-refractivity contribution in [2.45, 2.75) is 6.54 Å². The van der Waals surface area contributed by atoms with Gasteiger partial charge in [-0.15, -0.1) is 0 Å². The number of rotatable bonds is 4. The van der Waals surface area contributed by atoms with Crippen molar-refractivity contribution >= 4 is 11.9 Å². The SMILES string of the molecule is O=C(O)c1ccc(CN2CCOCC2)cc1C(=O)O. The molecular weight excluding hydrogens is 250 g/mol. The van der Waals surface area contributed by atoms with Gasteiger partial charge in [0.1, 0.15) is 0 Å². The molecule has 0 saturated carbocycles. The summed E-state index contributed by atoms with van der Waals surface area (Å²) < 4.78 is 5.24. The second-order valence-electron chi connectivity index (χ2n) is 4.38. The van der Waals surface area contributed by atoms with E-state index in [0.717, 1.165) is 18.7 Å². The van der Waals surface area contributed by atoms with Crippen molar-refractivity contribution in [2.24, 2.45) is 0 Å². The summed E-state index contributed by atoms with van der Waals surface area (Å²) in [5.74, 6) is -2.45. The van der Waals surface area contributed by atoms with E-state index in [1.54, 1.807) is 6.07 Å². The van der Waals surface area contributed by atoms with Crippen molar-refractivity contribution in [3.05, 3.63) is 34.9 Å². The molecule has 0 aliphatic carbocycles. The van der Waals surface area contributed by atoms with E-state index in [-0.39, 0.29) is 11.1 Å². The standard InChI is InChI=1S/C13H15NO5/c15-12(16)10-2-1-9(7-11(10)13(17)18)8-14-3-5-19-6-4-14/h1-2,7H,3-6,8H2,(H,15,16)(H,17,18). The zero-order valence-electron chi connectivity index (χ0n) is 10.3. The average molecular weight is 265 g/mol. The van der Waals surface area contributed by atoms with Gasteiger partial charge in [0.25, 0.3) is 0 Å². The van der Waals surface area contributed by atoms with E-state index >= 15 is 0 Å². The maximum Gasteiger partial charge on any atom is 0.336 e. The number of carboxylic acid groups (broad SMARTS) is 2. The summed E-state index contributed by atoms with van der Waals surface area (Å²) >= 11 is 0. The van der Waals surface area contributed by atoms with Gasteiger partial charge in [-0.05, 0) is 17.7 Å². The minimum atomic E-state index is -1.23. The third kappa shape index (κ3) is 3.30.